The molecule has 9 aromatic carbocycles. The van der Waals surface area contributed by atoms with Gasteiger partial charge in [-0.2, -0.15) is 5.26 Å². The minimum Gasteiger partial charge on any atom is -0.309 e. The molecule has 11 rings (SSSR count). The van der Waals surface area contributed by atoms with Gasteiger partial charge in [0.1, 0.15) is 0 Å². The van der Waals surface area contributed by atoms with E-state index in [1.807, 2.05) is 24.3 Å². The molecule has 0 saturated heterocycles. The number of nitriles is 1. The Bertz CT molecular complexity index is 3180. The van der Waals surface area contributed by atoms with Crippen LogP contribution in [-0.4, -0.2) is 9.55 Å². The molecule has 11 aromatic rings. The van der Waals surface area contributed by atoms with E-state index in [4.69, 9.17) is 4.98 Å². The molecule has 2 aromatic heterocycles. The molecule has 3 nitrogen and oxygen atoms in total. The second-order valence-corrected chi connectivity index (χ2v) is 13.5. The number of rotatable bonds is 4. The number of benzene rings is 9. The fraction of sp³-hybridized carbons (Fsp3) is 0. The number of hydrogen-bond donors (Lipinski definition) is 0. The summed E-state index contributed by atoms with van der Waals surface area (Å²) in [5.41, 5.74) is 10.5. The molecule has 0 fully saturated rings. The van der Waals surface area contributed by atoms with Gasteiger partial charge in [0.15, 0.2) is 0 Å². The summed E-state index contributed by atoms with van der Waals surface area (Å²) in [5, 5.41) is 22.1. The van der Waals surface area contributed by atoms with Gasteiger partial charge in [-0.1, -0.05) is 115 Å². The fourth-order valence-corrected chi connectivity index (χ4v) is 8.47. The van der Waals surface area contributed by atoms with Crippen molar-refractivity contribution in [2.75, 3.05) is 0 Å². The summed E-state index contributed by atoms with van der Waals surface area (Å²) in [5.74, 6) is 0. The summed E-state index contributed by atoms with van der Waals surface area (Å²) in [4.78, 5) is 5.15. The summed E-state index contributed by atoms with van der Waals surface area (Å²) in [7, 11) is 0. The molecular weight excluding hydrogens is 619 g/mol. The van der Waals surface area contributed by atoms with Crippen molar-refractivity contribution in [1.29, 1.82) is 5.26 Å². The molecule has 234 valence electrons. The lowest BCUT2D eigenvalue weighted by Gasteiger charge is -2.17. The molecule has 0 bridgehead atoms. The third-order valence-corrected chi connectivity index (χ3v) is 10.7. The van der Waals surface area contributed by atoms with Gasteiger partial charge in [-0.15, -0.1) is 0 Å². The maximum Gasteiger partial charge on any atom is 0.0992 e. The molecule has 0 aliphatic heterocycles. The Morgan fingerprint density at radius 1 is 0.431 bits per heavy atom. The highest BCUT2D eigenvalue weighted by molar-refractivity contribution is 6.29. The molecule has 0 saturated carbocycles. The zero-order chi connectivity index (χ0) is 33.6. The molecule has 0 spiro atoms. The highest BCUT2D eigenvalue weighted by Crippen LogP contribution is 2.45. The third kappa shape index (κ3) is 4.02. The standard InChI is InChI=1S/C48H27N3/c49-28-29-24-33-14-15-34-26-35(27-44-48(34)47(33)43(25-29)51(44)36-10-5-2-6-11-36)37-20-16-31-19-23-40-38(21-17-32-18-22-39(37)45(31)46(32)40)42-13-7-12-41(50-42)30-8-3-1-4-9-30/h1-27H. The van der Waals surface area contributed by atoms with E-state index in [1.54, 1.807) is 0 Å². The largest absolute Gasteiger partial charge is 0.309 e. The molecule has 0 amide bonds. The van der Waals surface area contributed by atoms with Crippen LogP contribution in [-0.2, 0) is 0 Å². The monoisotopic (exact) mass is 645 g/mol. The van der Waals surface area contributed by atoms with Gasteiger partial charge >= 0.3 is 0 Å². The van der Waals surface area contributed by atoms with E-state index in [0.717, 1.165) is 44.6 Å². The van der Waals surface area contributed by atoms with E-state index >= 15 is 0 Å². The Kier molecular flexibility index (Phi) is 5.73. The maximum atomic E-state index is 9.93. The average Bonchev–Trinajstić information content (AvgIpc) is 3.54. The van der Waals surface area contributed by atoms with Crippen molar-refractivity contribution in [3.63, 3.8) is 0 Å². The van der Waals surface area contributed by atoms with Gasteiger partial charge in [-0.25, -0.2) is 4.98 Å². The summed E-state index contributed by atoms with van der Waals surface area (Å²) < 4.78 is 2.33. The number of aromatic nitrogens is 2. The first-order valence-corrected chi connectivity index (χ1v) is 17.3. The Balaban J connectivity index is 1.17. The van der Waals surface area contributed by atoms with Gasteiger partial charge in [0, 0.05) is 27.6 Å². The van der Waals surface area contributed by atoms with Gasteiger partial charge in [0.2, 0.25) is 0 Å². The summed E-state index contributed by atoms with van der Waals surface area (Å²) in [6.45, 7) is 0. The summed E-state index contributed by atoms with van der Waals surface area (Å²) >= 11 is 0. The zero-order valence-electron chi connectivity index (χ0n) is 27.4. The van der Waals surface area contributed by atoms with Crippen molar-refractivity contribution in [2.24, 2.45) is 0 Å². The van der Waals surface area contributed by atoms with Crippen LogP contribution < -0.4 is 0 Å². The van der Waals surface area contributed by atoms with Crippen molar-refractivity contribution in [3.8, 4) is 45.4 Å². The molecule has 2 heterocycles. The molecule has 0 radical (unpaired) electrons. The maximum absolute atomic E-state index is 9.93. The predicted octanol–water partition coefficient (Wildman–Crippen LogP) is 12.5. The van der Waals surface area contributed by atoms with Gasteiger partial charge in [-0.05, 0) is 103 Å². The van der Waals surface area contributed by atoms with E-state index in [-0.39, 0.29) is 0 Å². The summed E-state index contributed by atoms with van der Waals surface area (Å²) in [6, 6.07) is 60.8. The highest BCUT2D eigenvalue weighted by Gasteiger charge is 2.21. The Hall–Kier alpha value is -7.02. The van der Waals surface area contributed by atoms with Gasteiger partial charge in [-0.3, -0.25) is 0 Å². The molecule has 0 aliphatic rings. The van der Waals surface area contributed by atoms with Gasteiger partial charge in [0.05, 0.1) is 34.1 Å². The molecule has 0 atom stereocenters. The van der Waals surface area contributed by atoms with Crippen LogP contribution in [0.25, 0.3) is 104 Å². The molecule has 51 heavy (non-hydrogen) atoms. The smallest absolute Gasteiger partial charge is 0.0992 e. The van der Waals surface area contributed by atoms with Crippen LogP contribution in [0.15, 0.2) is 164 Å². The van der Waals surface area contributed by atoms with Gasteiger partial charge < -0.3 is 4.57 Å². The minimum atomic E-state index is 0.666. The number of para-hydroxylation sites is 1. The normalized spacial score (nSPS) is 11.9. The van der Waals surface area contributed by atoms with E-state index < -0.39 is 0 Å². The van der Waals surface area contributed by atoms with Crippen LogP contribution >= 0.6 is 0 Å². The second kappa shape index (κ2) is 10.5. The average molecular weight is 646 g/mol. The lowest BCUT2D eigenvalue weighted by molar-refractivity contribution is 1.18. The molecule has 0 N–H and O–H groups in total. The quantitative estimate of drug-likeness (QED) is 0.179. The number of hydrogen-bond acceptors (Lipinski definition) is 2. The van der Waals surface area contributed by atoms with Crippen LogP contribution in [0, 0.1) is 11.3 Å². The molecule has 0 aliphatic carbocycles. The van der Waals surface area contributed by atoms with Crippen molar-refractivity contribution < 1.29 is 0 Å². The second-order valence-electron chi connectivity index (χ2n) is 13.5. The number of pyridine rings is 1. The first kappa shape index (κ1) is 27.9. The molecular formula is C48H27N3. The highest BCUT2D eigenvalue weighted by atomic mass is 15.0. The fourth-order valence-electron chi connectivity index (χ4n) is 8.47. The lowest BCUT2D eigenvalue weighted by Crippen LogP contribution is -1.94. The number of nitrogens with zero attached hydrogens (tertiary/aromatic N) is 3. The minimum absolute atomic E-state index is 0.666. The van der Waals surface area contributed by atoms with Crippen LogP contribution in [0.2, 0.25) is 0 Å². The molecule has 3 heteroatoms. The van der Waals surface area contributed by atoms with Crippen molar-refractivity contribution >= 4 is 64.9 Å². The van der Waals surface area contributed by atoms with Crippen LogP contribution in [0.4, 0.5) is 0 Å². The Labute approximate surface area is 293 Å². The van der Waals surface area contributed by atoms with Crippen LogP contribution in [0.3, 0.4) is 0 Å². The van der Waals surface area contributed by atoms with Gasteiger partial charge in [0.25, 0.3) is 0 Å². The van der Waals surface area contributed by atoms with E-state index in [9.17, 15) is 5.26 Å². The first-order valence-electron chi connectivity index (χ1n) is 17.3. The van der Waals surface area contributed by atoms with E-state index in [1.165, 1.54) is 59.6 Å². The third-order valence-electron chi connectivity index (χ3n) is 10.7. The van der Waals surface area contributed by atoms with Crippen molar-refractivity contribution in [2.45, 2.75) is 0 Å². The van der Waals surface area contributed by atoms with Crippen molar-refractivity contribution in [1.82, 2.24) is 9.55 Å². The molecule has 0 unspecified atom stereocenters. The zero-order valence-corrected chi connectivity index (χ0v) is 27.4. The van der Waals surface area contributed by atoms with E-state index in [2.05, 4.69) is 150 Å². The summed E-state index contributed by atoms with van der Waals surface area (Å²) in [6.07, 6.45) is 0. The van der Waals surface area contributed by atoms with Crippen LogP contribution in [0.1, 0.15) is 5.56 Å². The first-order chi connectivity index (χ1) is 25.2. The lowest BCUT2D eigenvalue weighted by atomic mass is 9.87. The van der Waals surface area contributed by atoms with Crippen molar-refractivity contribution in [3.05, 3.63) is 169 Å². The predicted molar refractivity (Wildman–Crippen MR) is 212 cm³/mol. The van der Waals surface area contributed by atoms with Crippen LogP contribution in [0.5, 0.6) is 0 Å². The Morgan fingerprint density at radius 2 is 1.02 bits per heavy atom. The Morgan fingerprint density at radius 3 is 1.75 bits per heavy atom. The topological polar surface area (TPSA) is 41.6 Å². The van der Waals surface area contributed by atoms with E-state index in [0.29, 0.717) is 5.56 Å². The SMILES string of the molecule is N#Cc1cc2ccc3cc(-c4ccc5ccc6c(-c7cccc(-c8ccccc8)n7)ccc7ccc4c5c76)cc4c3c2c(c1)n4-c1ccccc1.